The van der Waals surface area contributed by atoms with Gasteiger partial charge in [-0.25, -0.2) is 8.42 Å². The molecule has 1 aromatic heterocycles. The fourth-order valence-electron chi connectivity index (χ4n) is 3.03. The molecule has 1 saturated carbocycles. The van der Waals surface area contributed by atoms with Crippen LogP contribution in [0.15, 0.2) is 22.8 Å². The second kappa shape index (κ2) is 5.70. The standard InChI is InChI=1S/C15H22N2O4S/c1-15(6-8-22(19,20)11-15)16-14(18)10-17(12-4-5-12)9-13-3-2-7-21-13/h2-3,7,12H,4-6,8-11H2,1H3,(H,16,18)/t15-/m0/s1. The van der Waals surface area contributed by atoms with Crippen molar-refractivity contribution in [2.45, 2.75) is 44.3 Å². The molecule has 0 aromatic carbocycles. The molecule has 1 atom stereocenters. The van der Waals surface area contributed by atoms with Crippen LogP contribution in [0.2, 0.25) is 0 Å². The maximum atomic E-state index is 12.3. The first-order chi connectivity index (χ1) is 10.4. The van der Waals surface area contributed by atoms with Gasteiger partial charge in [0.15, 0.2) is 9.84 Å². The molecule has 0 radical (unpaired) electrons. The largest absolute Gasteiger partial charge is 0.468 e. The quantitative estimate of drug-likeness (QED) is 0.841. The van der Waals surface area contributed by atoms with Crippen molar-refractivity contribution in [1.82, 2.24) is 10.2 Å². The van der Waals surface area contributed by atoms with Crippen molar-refractivity contribution >= 4 is 15.7 Å². The summed E-state index contributed by atoms with van der Waals surface area (Å²) in [4.78, 5) is 14.4. The van der Waals surface area contributed by atoms with Crippen LogP contribution in [0.5, 0.6) is 0 Å². The highest BCUT2D eigenvalue weighted by atomic mass is 32.2. The second-order valence-corrected chi connectivity index (χ2v) is 8.85. The lowest BCUT2D eigenvalue weighted by Crippen LogP contribution is -2.50. The first-order valence-corrected chi connectivity index (χ1v) is 9.45. The Kier molecular flexibility index (Phi) is 4.03. The van der Waals surface area contributed by atoms with Gasteiger partial charge in [0, 0.05) is 6.04 Å². The molecular weight excluding hydrogens is 304 g/mol. The van der Waals surface area contributed by atoms with Crippen LogP contribution in [0.3, 0.4) is 0 Å². The highest BCUT2D eigenvalue weighted by Crippen LogP contribution is 2.28. The van der Waals surface area contributed by atoms with E-state index >= 15 is 0 Å². The molecule has 2 heterocycles. The van der Waals surface area contributed by atoms with Crippen molar-refractivity contribution < 1.29 is 17.6 Å². The number of hydrogen-bond acceptors (Lipinski definition) is 5. The maximum Gasteiger partial charge on any atom is 0.234 e. The Hall–Kier alpha value is -1.34. The van der Waals surface area contributed by atoms with Gasteiger partial charge in [-0.3, -0.25) is 9.69 Å². The zero-order valence-electron chi connectivity index (χ0n) is 12.7. The zero-order valence-corrected chi connectivity index (χ0v) is 13.6. The maximum absolute atomic E-state index is 12.3. The molecule has 1 saturated heterocycles. The highest BCUT2D eigenvalue weighted by molar-refractivity contribution is 7.91. The molecule has 2 aliphatic rings. The van der Waals surface area contributed by atoms with Gasteiger partial charge in [0.05, 0.1) is 36.4 Å². The van der Waals surface area contributed by atoms with Crippen LogP contribution in [0.1, 0.15) is 31.9 Å². The third-order valence-electron chi connectivity index (χ3n) is 4.29. The molecule has 1 N–H and O–H groups in total. The van der Waals surface area contributed by atoms with Crippen LogP contribution in [0.25, 0.3) is 0 Å². The van der Waals surface area contributed by atoms with Crippen molar-refractivity contribution in [3.63, 3.8) is 0 Å². The van der Waals surface area contributed by atoms with Gasteiger partial charge in [0.25, 0.3) is 0 Å². The lowest BCUT2D eigenvalue weighted by molar-refractivity contribution is -0.124. The predicted octanol–water partition coefficient (Wildman–Crippen LogP) is 0.937. The van der Waals surface area contributed by atoms with Crippen LogP contribution in [-0.2, 0) is 21.2 Å². The Morgan fingerprint density at radius 3 is 2.82 bits per heavy atom. The van der Waals surface area contributed by atoms with Gasteiger partial charge < -0.3 is 9.73 Å². The summed E-state index contributed by atoms with van der Waals surface area (Å²) in [6.07, 6.45) is 4.31. The number of rotatable bonds is 6. The summed E-state index contributed by atoms with van der Waals surface area (Å²) in [6, 6.07) is 4.17. The van der Waals surface area contributed by atoms with Gasteiger partial charge >= 0.3 is 0 Å². The van der Waals surface area contributed by atoms with E-state index in [2.05, 4.69) is 10.2 Å². The molecule has 1 aliphatic heterocycles. The minimum Gasteiger partial charge on any atom is -0.468 e. The minimum absolute atomic E-state index is 0.0351. The number of hydrogen-bond donors (Lipinski definition) is 1. The molecule has 1 aromatic rings. The number of furan rings is 1. The average molecular weight is 326 g/mol. The fraction of sp³-hybridized carbons (Fsp3) is 0.667. The molecule has 6 nitrogen and oxygen atoms in total. The van der Waals surface area contributed by atoms with E-state index in [1.54, 1.807) is 6.26 Å². The van der Waals surface area contributed by atoms with Crippen molar-refractivity contribution in [2.75, 3.05) is 18.1 Å². The van der Waals surface area contributed by atoms with E-state index < -0.39 is 15.4 Å². The summed E-state index contributed by atoms with van der Waals surface area (Å²) < 4.78 is 28.6. The summed E-state index contributed by atoms with van der Waals surface area (Å²) in [5.41, 5.74) is -0.629. The zero-order chi connectivity index (χ0) is 15.8. The third kappa shape index (κ3) is 3.89. The van der Waals surface area contributed by atoms with Gasteiger partial charge in [-0.1, -0.05) is 0 Å². The van der Waals surface area contributed by atoms with Gasteiger partial charge in [-0.2, -0.15) is 0 Å². The summed E-state index contributed by atoms with van der Waals surface area (Å²) >= 11 is 0. The van der Waals surface area contributed by atoms with Crippen LogP contribution < -0.4 is 5.32 Å². The van der Waals surface area contributed by atoms with E-state index in [9.17, 15) is 13.2 Å². The van der Waals surface area contributed by atoms with Crippen molar-refractivity contribution in [3.8, 4) is 0 Å². The van der Waals surface area contributed by atoms with E-state index in [1.165, 1.54) is 0 Å². The first-order valence-electron chi connectivity index (χ1n) is 7.63. The van der Waals surface area contributed by atoms with Crippen LogP contribution in [-0.4, -0.2) is 48.9 Å². The SMILES string of the molecule is C[C@]1(NC(=O)CN(Cc2ccco2)C2CC2)CCS(=O)(=O)C1. The number of nitrogens with one attached hydrogen (secondary N) is 1. The molecule has 1 aliphatic carbocycles. The molecule has 3 rings (SSSR count). The van der Waals surface area contributed by atoms with E-state index in [0.717, 1.165) is 18.6 Å². The summed E-state index contributed by atoms with van der Waals surface area (Å²) in [7, 11) is -3.02. The molecule has 2 fully saturated rings. The Morgan fingerprint density at radius 1 is 1.50 bits per heavy atom. The van der Waals surface area contributed by atoms with Crippen molar-refractivity contribution in [2.24, 2.45) is 0 Å². The van der Waals surface area contributed by atoms with Crippen LogP contribution in [0.4, 0.5) is 0 Å². The van der Waals surface area contributed by atoms with Gasteiger partial charge in [0.1, 0.15) is 5.76 Å². The lowest BCUT2D eigenvalue weighted by atomic mass is 10.0. The Bertz CT molecular complexity index is 637. The van der Waals surface area contributed by atoms with Crippen molar-refractivity contribution in [1.29, 1.82) is 0 Å². The minimum atomic E-state index is -3.02. The van der Waals surface area contributed by atoms with Gasteiger partial charge in [-0.05, 0) is 38.3 Å². The van der Waals surface area contributed by atoms with E-state index in [0.29, 0.717) is 19.0 Å². The molecule has 0 unspecified atom stereocenters. The van der Waals surface area contributed by atoms with E-state index in [1.807, 2.05) is 19.1 Å². The molecule has 7 heteroatoms. The molecule has 0 spiro atoms. The number of sulfone groups is 1. The van der Waals surface area contributed by atoms with Crippen LogP contribution >= 0.6 is 0 Å². The van der Waals surface area contributed by atoms with Crippen LogP contribution in [0, 0.1) is 0 Å². The first kappa shape index (κ1) is 15.6. The summed E-state index contributed by atoms with van der Waals surface area (Å²) in [6.45, 7) is 2.70. The number of carbonyl (C=O) groups is 1. The molecule has 0 bridgehead atoms. The van der Waals surface area contributed by atoms with Crippen molar-refractivity contribution in [3.05, 3.63) is 24.2 Å². The topological polar surface area (TPSA) is 79.6 Å². The van der Waals surface area contributed by atoms with E-state index in [4.69, 9.17) is 4.42 Å². The van der Waals surface area contributed by atoms with Gasteiger partial charge in [0.2, 0.25) is 5.91 Å². The third-order valence-corrected chi connectivity index (χ3v) is 6.20. The molecule has 1 amide bonds. The van der Waals surface area contributed by atoms with Gasteiger partial charge in [-0.15, -0.1) is 0 Å². The average Bonchev–Trinajstić information content (AvgIpc) is 3.06. The summed E-state index contributed by atoms with van der Waals surface area (Å²) in [5.74, 6) is 0.919. The molecule has 22 heavy (non-hydrogen) atoms. The Labute approximate surface area is 130 Å². The number of nitrogens with zero attached hydrogens (tertiary/aromatic N) is 1. The van der Waals surface area contributed by atoms with E-state index in [-0.39, 0.29) is 24.0 Å². The molecular formula is C15H22N2O4S. The highest BCUT2D eigenvalue weighted by Gasteiger charge is 2.40. The number of amides is 1. The smallest absolute Gasteiger partial charge is 0.234 e. The molecule has 122 valence electrons. The Balaban J connectivity index is 1.57. The fourth-order valence-corrected chi connectivity index (χ4v) is 5.12. The Morgan fingerprint density at radius 2 is 2.27 bits per heavy atom. The normalized spacial score (nSPS) is 27.2. The predicted molar refractivity (Wildman–Crippen MR) is 82.0 cm³/mol. The summed E-state index contributed by atoms with van der Waals surface area (Å²) in [5, 5.41) is 2.91. The number of carbonyl (C=O) groups excluding carboxylic acids is 1. The monoisotopic (exact) mass is 326 g/mol. The lowest BCUT2D eigenvalue weighted by Gasteiger charge is -2.27. The second-order valence-electron chi connectivity index (χ2n) is 6.67.